The van der Waals surface area contributed by atoms with E-state index in [1.54, 1.807) is 0 Å². The molecular weight excluding hydrogens is 524 g/mol. The molecule has 6 heteroatoms. The number of para-hydroxylation sites is 8. The predicted octanol–water partition coefficient (Wildman–Crippen LogP) is 10.7. The van der Waals surface area contributed by atoms with Crippen LogP contribution in [0.3, 0.4) is 0 Å². The van der Waals surface area contributed by atoms with Crippen LogP contribution < -0.4 is 28.7 Å². The Morgan fingerprint density at radius 3 is 0.952 bits per heavy atom. The Labute approximate surface area is 242 Å². The lowest BCUT2D eigenvalue weighted by atomic mass is 10.1. The van der Waals surface area contributed by atoms with Gasteiger partial charge in [0.15, 0.2) is 46.0 Å². The monoisotopic (exact) mass is 546 g/mol. The van der Waals surface area contributed by atoms with Gasteiger partial charge in [0.05, 0.1) is 34.1 Å². The SMILES string of the molecule is c1ccc2c(c1)Oc1ccccc1N2c1ccc2c(c1)Oc1ccc(N3c4ccccc4Oc4ccccc43)cc1O2. The van der Waals surface area contributed by atoms with Crippen LogP contribution in [-0.2, 0) is 0 Å². The summed E-state index contributed by atoms with van der Waals surface area (Å²) in [6.45, 7) is 0. The summed E-state index contributed by atoms with van der Waals surface area (Å²) < 4.78 is 25.2. The fourth-order valence-corrected chi connectivity index (χ4v) is 5.80. The van der Waals surface area contributed by atoms with Crippen molar-refractivity contribution in [2.45, 2.75) is 0 Å². The molecule has 3 aliphatic rings. The van der Waals surface area contributed by atoms with Crippen LogP contribution in [-0.4, -0.2) is 0 Å². The van der Waals surface area contributed by atoms with Crippen molar-refractivity contribution in [2.75, 3.05) is 9.80 Å². The van der Waals surface area contributed by atoms with E-state index in [9.17, 15) is 0 Å². The highest BCUT2D eigenvalue weighted by Crippen LogP contribution is 2.55. The van der Waals surface area contributed by atoms with Gasteiger partial charge in [-0.3, -0.25) is 0 Å². The molecule has 0 aromatic heterocycles. The second-order valence-corrected chi connectivity index (χ2v) is 10.2. The molecule has 42 heavy (non-hydrogen) atoms. The first-order valence-electron chi connectivity index (χ1n) is 13.8. The summed E-state index contributed by atoms with van der Waals surface area (Å²) in [6, 6.07) is 44.2. The molecule has 0 N–H and O–H groups in total. The van der Waals surface area contributed by atoms with E-state index in [0.29, 0.717) is 23.0 Å². The summed E-state index contributed by atoms with van der Waals surface area (Å²) in [7, 11) is 0. The van der Waals surface area contributed by atoms with Crippen molar-refractivity contribution >= 4 is 34.1 Å². The van der Waals surface area contributed by atoms with Crippen LogP contribution >= 0.6 is 0 Å². The first-order valence-corrected chi connectivity index (χ1v) is 13.8. The lowest BCUT2D eigenvalue weighted by Gasteiger charge is -2.34. The first kappa shape index (κ1) is 22.9. The first-order chi connectivity index (χ1) is 20.8. The second-order valence-electron chi connectivity index (χ2n) is 10.2. The van der Waals surface area contributed by atoms with Crippen molar-refractivity contribution in [3.05, 3.63) is 133 Å². The number of hydrogen-bond acceptors (Lipinski definition) is 6. The maximum atomic E-state index is 6.44. The van der Waals surface area contributed by atoms with Crippen molar-refractivity contribution in [3.8, 4) is 46.0 Å². The van der Waals surface area contributed by atoms with Crippen LogP contribution in [0.15, 0.2) is 133 Å². The van der Waals surface area contributed by atoms with E-state index in [2.05, 4.69) is 34.1 Å². The minimum absolute atomic E-state index is 0.649. The molecular formula is C36H22N2O4. The van der Waals surface area contributed by atoms with Crippen LogP contribution in [0.5, 0.6) is 46.0 Å². The molecule has 0 spiro atoms. The highest BCUT2D eigenvalue weighted by molar-refractivity contribution is 5.88. The average Bonchev–Trinajstić information content (AvgIpc) is 3.04. The second kappa shape index (κ2) is 8.81. The summed E-state index contributed by atoms with van der Waals surface area (Å²) in [5.74, 6) is 5.81. The molecule has 6 aromatic carbocycles. The largest absolute Gasteiger partial charge is 0.453 e. The van der Waals surface area contributed by atoms with Crippen molar-refractivity contribution < 1.29 is 18.9 Å². The third-order valence-electron chi connectivity index (χ3n) is 7.68. The normalized spacial score (nSPS) is 13.4. The van der Waals surface area contributed by atoms with E-state index in [1.165, 1.54) is 0 Å². The van der Waals surface area contributed by atoms with Crippen LogP contribution in [0.25, 0.3) is 0 Å². The van der Waals surface area contributed by atoms with Gasteiger partial charge in [-0.05, 0) is 72.8 Å². The van der Waals surface area contributed by atoms with Gasteiger partial charge in [-0.25, -0.2) is 0 Å². The predicted molar refractivity (Wildman–Crippen MR) is 163 cm³/mol. The van der Waals surface area contributed by atoms with Gasteiger partial charge in [-0.2, -0.15) is 0 Å². The third kappa shape index (κ3) is 3.45. The van der Waals surface area contributed by atoms with Crippen LogP contribution in [0.1, 0.15) is 0 Å². The van der Waals surface area contributed by atoms with Crippen LogP contribution in [0.2, 0.25) is 0 Å². The zero-order valence-corrected chi connectivity index (χ0v) is 22.2. The molecule has 0 atom stereocenters. The average molecular weight is 547 g/mol. The number of fused-ring (bicyclic) bond motifs is 6. The maximum Gasteiger partial charge on any atom is 0.172 e. The molecule has 0 unspecified atom stereocenters. The molecule has 0 amide bonds. The maximum absolute atomic E-state index is 6.44. The highest BCUT2D eigenvalue weighted by Gasteiger charge is 2.29. The van der Waals surface area contributed by atoms with Crippen LogP contribution in [0, 0.1) is 0 Å². The molecule has 200 valence electrons. The Bertz CT molecular complexity index is 1800. The van der Waals surface area contributed by atoms with Gasteiger partial charge in [0.1, 0.15) is 0 Å². The molecule has 0 aliphatic carbocycles. The molecule has 0 radical (unpaired) electrons. The fourth-order valence-electron chi connectivity index (χ4n) is 5.80. The van der Waals surface area contributed by atoms with E-state index in [0.717, 1.165) is 57.1 Å². The summed E-state index contributed by atoms with van der Waals surface area (Å²) in [5.41, 5.74) is 5.74. The van der Waals surface area contributed by atoms with Crippen LogP contribution in [0.4, 0.5) is 34.1 Å². The number of hydrogen-bond donors (Lipinski definition) is 0. The summed E-state index contributed by atoms with van der Waals surface area (Å²) >= 11 is 0. The molecule has 3 aliphatic heterocycles. The van der Waals surface area contributed by atoms with E-state index in [1.807, 2.05) is 109 Å². The van der Waals surface area contributed by atoms with Crippen molar-refractivity contribution in [1.82, 2.24) is 0 Å². The van der Waals surface area contributed by atoms with Gasteiger partial charge in [0.25, 0.3) is 0 Å². The Morgan fingerprint density at radius 2 is 0.595 bits per heavy atom. The number of anilines is 6. The molecule has 6 nitrogen and oxygen atoms in total. The Balaban J connectivity index is 1.09. The molecule has 6 aromatic rings. The van der Waals surface area contributed by atoms with Crippen molar-refractivity contribution in [3.63, 3.8) is 0 Å². The number of benzene rings is 6. The lowest BCUT2D eigenvalue weighted by molar-refractivity contribution is 0.360. The zero-order valence-electron chi connectivity index (χ0n) is 22.2. The minimum Gasteiger partial charge on any atom is -0.453 e. The molecule has 3 heterocycles. The zero-order chi connectivity index (χ0) is 27.6. The van der Waals surface area contributed by atoms with E-state index >= 15 is 0 Å². The standard InChI is InChI=1S/C36H22N2O4/c1-5-13-29-25(9-1)37(26-10-2-6-14-30(26)39-29)23-17-19-33-35(21-23)41-34-20-18-24(22-36(34)42-33)38-27-11-3-7-15-31(27)40-32-16-8-4-12-28(32)38/h1-22H. The summed E-state index contributed by atoms with van der Waals surface area (Å²) in [4.78, 5) is 4.37. The molecule has 0 bridgehead atoms. The minimum atomic E-state index is 0.649. The van der Waals surface area contributed by atoms with Crippen molar-refractivity contribution in [1.29, 1.82) is 0 Å². The van der Waals surface area contributed by atoms with E-state index in [-0.39, 0.29) is 0 Å². The molecule has 0 saturated carbocycles. The summed E-state index contributed by atoms with van der Waals surface area (Å²) in [6.07, 6.45) is 0. The lowest BCUT2D eigenvalue weighted by Crippen LogP contribution is -2.16. The topological polar surface area (TPSA) is 43.4 Å². The molecule has 0 fully saturated rings. The molecule has 9 rings (SSSR count). The number of ether oxygens (including phenoxy) is 4. The highest BCUT2D eigenvalue weighted by atomic mass is 16.6. The fraction of sp³-hybridized carbons (Fsp3) is 0. The Hall–Kier alpha value is -5.88. The van der Waals surface area contributed by atoms with Gasteiger partial charge in [-0.15, -0.1) is 0 Å². The smallest absolute Gasteiger partial charge is 0.172 e. The van der Waals surface area contributed by atoms with Gasteiger partial charge < -0.3 is 28.7 Å². The summed E-state index contributed by atoms with van der Waals surface area (Å²) in [5, 5.41) is 0. The van der Waals surface area contributed by atoms with E-state index in [4.69, 9.17) is 18.9 Å². The van der Waals surface area contributed by atoms with Gasteiger partial charge in [0.2, 0.25) is 0 Å². The van der Waals surface area contributed by atoms with Gasteiger partial charge in [0, 0.05) is 12.1 Å². The van der Waals surface area contributed by atoms with Gasteiger partial charge >= 0.3 is 0 Å². The van der Waals surface area contributed by atoms with Gasteiger partial charge in [-0.1, -0.05) is 48.5 Å². The third-order valence-corrected chi connectivity index (χ3v) is 7.68. The number of nitrogens with zero attached hydrogens (tertiary/aromatic N) is 2. The Morgan fingerprint density at radius 1 is 0.286 bits per heavy atom. The quantitative estimate of drug-likeness (QED) is 0.215. The number of rotatable bonds is 2. The Kier molecular flexibility index (Phi) is 4.80. The van der Waals surface area contributed by atoms with Crippen molar-refractivity contribution in [2.24, 2.45) is 0 Å². The van der Waals surface area contributed by atoms with E-state index < -0.39 is 0 Å². The molecule has 0 saturated heterocycles.